The van der Waals surface area contributed by atoms with Crippen molar-refractivity contribution in [2.24, 2.45) is 0 Å². The van der Waals surface area contributed by atoms with E-state index in [9.17, 15) is 9.59 Å². The molecule has 4 aromatic rings. The molecule has 2 atom stereocenters. The van der Waals surface area contributed by atoms with Crippen LogP contribution >= 0.6 is 11.3 Å². The number of aromatic nitrogens is 1. The van der Waals surface area contributed by atoms with Crippen LogP contribution in [-0.2, 0) is 17.6 Å². The van der Waals surface area contributed by atoms with Crippen LogP contribution in [0.4, 0.5) is 0 Å². The quantitative estimate of drug-likeness (QED) is 0.359. The number of amides is 2. The Morgan fingerprint density at radius 1 is 1.08 bits per heavy atom. The van der Waals surface area contributed by atoms with Crippen LogP contribution in [0.5, 0.6) is 5.75 Å². The van der Waals surface area contributed by atoms with Gasteiger partial charge in [-0.1, -0.05) is 48.5 Å². The second-order valence-electron chi connectivity index (χ2n) is 9.02. The number of hydrogen-bond donors (Lipinski definition) is 1. The van der Waals surface area contributed by atoms with Gasteiger partial charge in [0.25, 0.3) is 11.8 Å². The molecule has 2 aromatic carbocycles. The lowest BCUT2D eigenvalue weighted by Gasteiger charge is -2.38. The van der Waals surface area contributed by atoms with Crippen LogP contribution in [0.2, 0.25) is 0 Å². The fourth-order valence-electron chi connectivity index (χ4n) is 4.68. The van der Waals surface area contributed by atoms with Crippen molar-refractivity contribution in [1.82, 2.24) is 15.2 Å². The van der Waals surface area contributed by atoms with Gasteiger partial charge in [-0.2, -0.15) is 0 Å². The van der Waals surface area contributed by atoms with E-state index in [0.29, 0.717) is 25.3 Å². The molecule has 0 radical (unpaired) electrons. The topological polar surface area (TPSA) is 71.5 Å². The molecule has 2 aromatic heterocycles. The first-order valence-corrected chi connectivity index (χ1v) is 13.3. The van der Waals surface area contributed by atoms with Crippen LogP contribution in [0.3, 0.4) is 0 Å². The van der Waals surface area contributed by atoms with Crippen molar-refractivity contribution < 1.29 is 14.3 Å². The molecule has 5 rings (SSSR count). The number of nitrogens with zero attached hydrogens (tertiary/aromatic N) is 2. The SMILES string of the molecule is CC(Oc1ccc2c(c1)C(c1ccccc1)N(C(=O)c1cccs1)CC2)C(=O)NCCc1ccccn1. The minimum Gasteiger partial charge on any atom is -0.481 e. The average molecular weight is 512 g/mol. The molecule has 2 amide bonds. The summed E-state index contributed by atoms with van der Waals surface area (Å²) >= 11 is 1.46. The molecule has 2 unspecified atom stereocenters. The lowest BCUT2D eigenvalue weighted by Crippen LogP contribution is -2.40. The molecule has 37 heavy (non-hydrogen) atoms. The van der Waals surface area contributed by atoms with Gasteiger partial charge in [0.05, 0.1) is 10.9 Å². The van der Waals surface area contributed by atoms with E-state index in [-0.39, 0.29) is 17.9 Å². The molecule has 0 saturated carbocycles. The summed E-state index contributed by atoms with van der Waals surface area (Å²) in [5.74, 6) is 0.460. The van der Waals surface area contributed by atoms with Gasteiger partial charge in [-0.05, 0) is 65.7 Å². The number of fused-ring (bicyclic) bond motifs is 1. The minimum absolute atomic E-state index is 0.0291. The smallest absolute Gasteiger partial charge is 0.264 e. The van der Waals surface area contributed by atoms with Gasteiger partial charge < -0.3 is 15.0 Å². The standard InChI is InChI=1S/C30H29N3O3S/c1-21(29(34)32-17-14-24-10-5-6-16-31-24)36-25-13-12-22-15-18-33(30(35)27-11-7-19-37-27)28(26(22)20-25)23-8-3-2-4-9-23/h2-13,16,19-21,28H,14-15,17-18H2,1H3,(H,32,34). The normalized spacial score (nSPS) is 15.5. The zero-order valence-corrected chi connectivity index (χ0v) is 21.5. The van der Waals surface area contributed by atoms with Crippen molar-refractivity contribution in [3.05, 3.63) is 118 Å². The highest BCUT2D eigenvalue weighted by molar-refractivity contribution is 7.12. The summed E-state index contributed by atoms with van der Waals surface area (Å²) in [6.45, 7) is 2.87. The molecule has 0 fully saturated rings. The van der Waals surface area contributed by atoms with E-state index in [1.54, 1.807) is 13.1 Å². The van der Waals surface area contributed by atoms with Crippen molar-refractivity contribution in [3.8, 4) is 5.75 Å². The van der Waals surface area contributed by atoms with E-state index < -0.39 is 6.10 Å². The zero-order chi connectivity index (χ0) is 25.6. The van der Waals surface area contributed by atoms with E-state index in [1.165, 1.54) is 16.9 Å². The van der Waals surface area contributed by atoms with Gasteiger partial charge in [0.2, 0.25) is 0 Å². The Hall–Kier alpha value is -3.97. The average Bonchev–Trinajstić information content (AvgIpc) is 3.48. The first-order valence-electron chi connectivity index (χ1n) is 12.5. The molecule has 6 nitrogen and oxygen atoms in total. The molecule has 1 aliphatic rings. The predicted octanol–water partition coefficient (Wildman–Crippen LogP) is 5.06. The Balaban J connectivity index is 1.34. The monoisotopic (exact) mass is 511 g/mol. The number of ether oxygens (including phenoxy) is 1. The number of pyridine rings is 1. The molecule has 0 saturated heterocycles. The van der Waals surface area contributed by atoms with Gasteiger partial charge in [-0.25, -0.2) is 0 Å². The third-order valence-corrected chi connectivity index (χ3v) is 7.40. The lowest BCUT2D eigenvalue weighted by molar-refractivity contribution is -0.127. The Bertz CT molecular complexity index is 1340. The Morgan fingerprint density at radius 2 is 1.92 bits per heavy atom. The number of hydrogen-bond acceptors (Lipinski definition) is 5. The number of nitrogens with one attached hydrogen (secondary N) is 1. The summed E-state index contributed by atoms with van der Waals surface area (Å²) in [4.78, 5) is 33.1. The molecule has 188 valence electrons. The van der Waals surface area contributed by atoms with Crippen LogP contribution in [0.1, 0.15) is 45.0 Å². The van der Waals surface area contributed by atoms with Crippen LogP contribution in [-0.4, -0.2) is 40.9 Å². The van der Waals surface area contributed by atoms with Gasteiger partial charge in [-0.3, -0.25) is 14.6 Å². The Labute approximate surface area is 220 Å². The fourth-order valence-corrected chi connectivity index (χ4v) is 5.36. The third kappa shape index (κ3) is 5.73. The van der Waals surface area contributed by atoms with Crippen LogP contribution in [0, 0.1) is 0 Å². The number of carbonyl (C=O) groups is 2. The van der Waals surface area contributed by atoms with Crippen molar-refractivity contribution in [3.63, 3.8) is 0 Å². The summed E-state index contributed by atoms with van der Waals surface area (Å²) in [5, 5.41) is 4.86. The molecule has 0 bridgehead atoms. The number of thiophene rings is 1. The number of benzene rings is 2. The second-order valence-corrected chi connectivity index (χ2v) is 9.97. The molecule has 0 aliphatic carbocycles. The first-order chi connectivity index (χ1) is 18.1. The molecule has 3 heterocycles. The highest BCUT2D eigenvalue weighted by atomic mass is 32.1. The molecule has 1 aliphatic heterocycles. The van der Waals surface area contributed by atoms with Crippen molar-refractivity contribution in [1.29, 1.82) is 0 Å². The largest absolute Gasteiger partial charge is 0.481 e. The fraction of sp³-hybridized carbons (Fsp3) is 0.233. The van der Waals surface area contributed by atoms with Gasteiger partial charge in [0.15, 0.2) is 6.10 Å². The van der Waals surface area contributed by atoms with E-state index in [1.807, 2.05) is 70.9 Å². The molecule has 7 heteroatoms. The summed E-state index contributed by atoms with van der Waals surface area (Å²) < 4.78 is 6.07. The van der Waals surface area contributed by atoms with Crippen molar-refractivity contribution in [2.75, 3.05) is 13.1 Å². The summed E-state index contributed by atoms with van der Waals surface area (Å²) in [6.07, 6.45) is 2.51. The second kappa shape index (κ2) is 11.4. The van der Waals surface area contributed by atoms with E-state index in [2.05, 4.69) is 28.5 Å². The van der Waals surface area contributed by atoms with Crippen molar-refractivity contribution in [2.45, 2.75) is 31.9 Å². The molecular formula is C30H29N3O3S. The molecule has 1 N–H and O–H groups in total. The molecular weight excluding hydrogens is 482 g/mol. The number of rotatable bonds is 8. The summed E-state index contributed by atoms with van der Waals surface area (Å²) in [7, 11) is 0. The van der Waals surface area contributed by atoms with E-state index >= 15 is 0 Å². The summed E-state index contributed by atoms with van der Waals surface area (Å²) in [5.41, 5.74) is 4.19. The lowest BCUT2D eigenvalue weighted by atomic mass is 9.87. The highest BCUT2D eigenvalue weighted by Gasteiger charge is 2.33. The maximum Gasteiger partial charge on any atom is 0.264 e. The van der Waals surface area contributed by atoms with E-state index in [0.717, 1.165) is 28.1 Å². The van der Waals surface area contributed by atoms with Gasteiger partial charge in [0.1, 0.15) is 5.75 Å². The molecule has 0 spiro atoms. The third-order valence-electron chi connectivity index (χ3n) is 6.54. The first kappa shape index (κ1) is 24.7. The van der Waals surface area contributed by atoms with Gasteiger partial charge in [-0.15, -0.1) is 11.3 Å². The Kier molecular flexibility index (Phi) is 7.61. The zero-order valence-electron chi connectivity index (χ0n) is 20.7. The minimum atomic E-state index is -0.663. The summed E-state index contributed by atoms with van der Waals surface area (Å²) in [6, 6.07) is 25.3. The van der Waals surface area contributed by atoms with Gasteiger partial charge in [0, 0.05) is 31.4 Å². The van der Waals surface area contributed by atoms with Gasteiger partial charge >= 0.3 is 0 Å². The van der Waals surface area contributed by atoms with Crippen LogP contribution < -0.4 is 10.1 Å². The highest BCUT2D eigenvalue weighted by Crippen LogP contribution is 2.38. The predicted molar refractivity (Wildman–Crippen MR) is 145 cm³/mol. The van der Waals surface area contributed by atoms with Crippen molar-refractivity contribution >= 4 is 23.2 Å². The van der Waals surface area contributed by atoms with Crippen LogP contribution in [0.15, 0.2) is 90.4 Å². The Morgan fingerprint density at radius 3 is 2.68 bits per heavy atom. The van der Waals surface area contributed by atoms with E-state index in [4.69, 9.17) is 4.74 Å². The number of carbonyl (C=O) groups excluding carboxylic acids is 2. The van der Waals surface area contributed by atoms with Crippen LogP contribution in [0.25, 0.3) is 0 Å². The maximum atomic E-state index is 13.5. The maximum absolute atomic E-state index is 13.5.